The molecule has 2 aromatic carbocycles. The third-order valence-electron chi connectivity index (χ3n) is 5.23. The van der Waals surface area contributed by atoms with E-state index in [1.54, 1.807) is 0 Å². The SMILES string of the molecule is O=C(O)[C@@H]1O[C@@H](Oc2cc(O)c3c(=O)c(O)c(-c4ccc(O)c(O)c4)oc3c2)[C@@H](O)[C@@H](O)[C@@H]1O. The third kappa shape index (κ3) is 3.82. The van der Waals surface area contributed by atoms with E-state index in [-0.39, 0.29) is 16.9 Å². The first-order valence-corrected chi connectivity index (χ1v) is 9.64. The zero-order valence-electron chi connectivity index (χ0n) is 16.9. The Labute approximate surface area is 188 Å². The number of ether oxygens (including phenoxy) is 2. The zero-order valence-corrected chi connectivity index (χ0v) is 16.9. The number of benzene rings is 2. The number of aromatic hydroxyl groups is 4. The van der Waals surface area contributed by atoms with Gasteiger partial charge < -0.3 is 54.7 Å². The first-order chi connectivity index (χ1) is 16.0. The van der Waals surface area contributed by atoms with E-state index in [0.29, 0.717) is 0 Å². The summed E-state index contributed by atoms with van der Waals surface area (Å²) in [5, 5.41) is 78.2. The van der Waals surface area contributed by atoms with E-state index in [9.17, 15) is 45.3 Å². The quantitative estimate of drug-likeness (QED) is 0.223. The Morgan fingerprint density at radius 1 is 0.882 bits per heavy atom. The average Bonchev–Trinajstić information content (AvgIpc) is 2.78. The van der Waals surface area contributed by atoms with E-state index in [4.69, 9.17) is 19.0 Å². The van der Waals surface area contributed by atoms with Gasteiger partial charge in [-0.2, -0.15) is 0 Å². The number of phenols is 3. The number of phenolic OH excluding ortho intramolecular Hbond substituents is 3. The first kappa shape index (κ1) is 23.1. The predicted molar refractivity (Wildman–Crippen MR) is 110 cm³/mol. The van der Waals surface area contributed by atoms with Gasteiger partial charge in [0.1, 0.15) is 40.8 Å². The summed E-state index contributed by atoms with van der Waals surface area (Å²) in [5.74, 6) is -4.96. The van der Waals surface area contributed by atoms with Crippen LogP contribution in [0.1, 0.15) is 0 Å². The molecule has 34 heavy (non-hydrogen) atoms. The van der Waals surface area contributed by atoms with Crippen LogP contribution >= 0.6 is 0 Å². The summed E-state index contributed by atoms with van der Waals surface area (Å²) in [4.78, 5) is 23.9. The van der Waals surface area contributed by atoms with Crippen molar-refractivity contribution in [2.24, 2.45) is 0 Å². The molecule has 13 heteroatoms. The molecule has 0 saturated carbocycles. The number of hydrogen-bond donors (Lipinski definition) is 8. The fourth-order valence-electron chi connectivity index (χ4n) is 3.48. The Morgan fingerprint density at radius 2 is 1.59 bits per heavy atom. The molecule has 1 fully saturated rings. The van der Waals surface area contributed by atoms with Crippen LogP contribution in [0.15, 0.2) is 39.5 Å². The summed E-state index contributed by atoms with van der Waals surface area (Å²) < 4.78 is 15.9. The number of aliphatic hydroxyl groups excluding tert-OH is 3. The largest absolute Gasteiger partial charge is 0.507 e. The molecule has 2 heterocycles. The standard InChI is InChI=1S/C21H18O13/c22-8-2-1-6(3-9(8)23)18-15(27)13(25)12-10(24)4-7(5-11(12)33-18)32-21-17(29)14(26)16(28)19(34-21)20(30)31/h1-5,14,16-17,19,21-24,26-29H,(H,30,31)/t14-,16-,17-,19+,21+/m0/s1. The normalized spacial score (nSPS) is 24.7. The van der Waals surface area contributed by atoms with Crippen molar-refractivity contribution in [3.05, 3.63) is 40.6 Å². The molecule has 1 aromatic heterocycles. The van der Waals surface area contributed by atoms with Gasteiger partial charge in [0, 0.05) is 17.7 Å². The Kier molecular flexibility index (Phi) is 5.70. The molecule has 13 nitrogen and oxygen atoms in total. The van der Waals surface area contributed by atoms with Gasteiger partial charge in [0.2, 0.25) is 17.5 Å². The van der Waals surface area contributed by atoms with Crippen molar-refractivity contribution in [2.75, 3.05) is 0 Å². The van der Waals surface area contributed by atoms with Gasteiger partial charge in [0.05, 0.1) is 0 Å². The fraction of sp³-hybridized carbons (Fsp3) is 0.238. The van der Waals surface area contributed by atoms with Crippen molar-refractivity contribution in [1.29, 1.82) is 0 Å². The van der Waals surface area contributed by atoms with Crippen LogP contribution in [0.25, 0.3) is 22.3 Å². The topological polar surface area (TPSA) is 228 Å². The van der Waals surface area contributed by atoms with Crippen LogP contribution in [-0.4, -0.2) is 77.5 Å². The van der Waals surface area contributed by atoms with E-state index >= 15 is 0 Å². The average molecular weight is 478 g/mol. The second kappa shape index (κ2) is 8.39. The first-order valence-electron chi connectivity index (χ1n) is 9.64. The van der Waals surface area contributed by atoms with Crippen LogP contribution in [-0.2, 0) is 9.53 Å². The van der Waals surface area contributed by atoms with Crippen molar-refractivity contribution in [2.45, 2.75) is 30.7 Å². The van der Waals surface area contributed by atoms with Crippen LogP contribution in [0, 0.1) is 0 Å². The lowest BCUT2D eigenvalue weighted by Gasteiger charge is -2.38. The minimum Gasteiger partial charge on any atom is -0.507 e. The molecule has 5 atom stereocenters. The minimum absolute atomic E-state index is 0.00468. The molecule has 0 aliphatic carbocycles. The van der Waals surface area contributed by atoms with Gasteiger partial charge in [-0.25, -0.2) is 4.79 Å². The second-order valence-corrected chi connectivity index (χ2v) is 7.48. The lowest BCUT2D eigenvalue weighted by Crippen LogP contribution is -2.61. The molecule has 0 unspecified atom stereocenters. The molecule has 0 radical (unpaired) electrons. The van der Waals surface area contributed by atoms with E-state index in [2.05, 4.69) is 0 Å². The lowest BCUT2D eigenvalue weighted by molar-refractivity contribution is -0.271. The number of rotatable bonds is 4. The smallest absolute Gasteiger partial charge is 0.335 e. The number of carboxylic acid groups (broad SMARTS) is 1. The summed E-state index contributed by atoms with van der Waals surface area (Å²) in [7, 11) is 0. The molecule has 8 N–H and O–H groups in total. The van der Waals surface area contributed by atoms with Gasteiger partial charge in [0.25, 0.3) is 0 Å². The Bertz CT molecular complexity index is 1330. The van der Waals surface area contributed by atoms with Crippen LogP contribution in [0.3, 0.4) is 0 Å². The predicted octanol–water partition coefficient (Wildman–Crippen LogP) is -0.447. The lowest BCUT2D eigenvalue weighted by atomic mass is 9.99. The number of aliphatic hydroxyl groups is 3. The molecule has 1 aliphatic rings. The van der Waals surface area contributed by atoms with Gasteiger partial charge in [-0.05, 0) is 18.2 Å². The molecule has 0 amide bonds. The van der Waals surface area contributed by atoms with E-state index < -0.39 is 76.2 Å². The molecule has 0 spiro atoms. The van der Waals surface area contributed by atoms with Crippen molar-refractivity contribution >= 4 is 16.9 Å². The highest BCUT2D eigenvalue weighted by atomic mass is 16.7. The van der Waals surface area contributed by atoms with E-state index in [1.165, 1.54) is 6.07 Å². The molecule has 0 bridgehead atoms. The number of carboxylic acids is 1. The Hall–Kier alpha value is -4.04. The van der Waals surface area contributed by atoms with E-state index in [0.717, 1.165) is 24.3 Å². The highest BCUT2D eigenvalue weighted by molar-refractivity contribution is 5.88. The Morgan fingerprint density at radius 3 is 2.24 bits per heavy atom. The van der Waals surface area contributed by atoms with Crippen LogP contribution < -0.4 is 10.2 Å². The molecule has 3 aromatic rings. The van der Waals surface area contributed by atoms with Crippen molar-refractivity contribution in [1.82, 2.24) is 0 Å². The maximum Gasteiger partial charge on any atom is 0.335 e. The third-order valence-corrected chi connectivity index (χ3v) is 5.23. The molecule has 180 valence electrons. The fourth-order valence-corrected chi connectivity index (χ4v) is 3.48. The number of hydrogen-bond acceptors (Lipinski definition) is 12. The summed E-state index contributed by atoms with van der Waals surface area (Å²) in [6, 6.07) is 5.30. The zero-order chi connectivity index (χ0) is 24.9. The molecule has 1 saturated heterocycles. The summed E-state index contributed by atoms with van der Waals surface area (Å²) in [6.45, 7) is 0. The summed E-state index contributed by atoms with van der Waals surface area (Å²) in [5.41, 5.74) is -1.35. The van der Waals surface area contributed by atoms with Gasteiger partial charge in [-0.15, -0.1) is 0 Å². The van der Waals surface area contributed by atoms with Crippen LogP contribution in [0.5, 0.6) is 28.7 Å². The maximum atomic E-state index is 12.6. The Balaban J connectivity index is 1.77. The highest BCUT2D eigenvalue weighted by Crippen LogP contribution is 2.38. The van der Waals surface area contributed by atoms with E-state index in [1.807, 2.05) is 0 Å². The minimum atomic E-state index is -1.94. The van der Waals surface area contributed by atoms with Gasteiger partial charge >= 0.3 is 5.97 Å². The van der Waals surface area contributed by atoms with Crippen molar-refractivity contribution < 1.29 is 59.5 Å². The summed E-state index contributed by atoms with van der Waals surface area (Å²) in [6.07, 6.45) is -9.49. The van der Waals surface area contributed by atoms with Gasteiger partial charge in [-0.1, -0.05) is 0 Å². The highest BCUT2D eigenvalue weighted by Gasteiger charge is 2.48. The summed E-state index contributed by atoms with van der Waals surface area (Å²) >= 11 is 0. The molecular formula is C21H18O13. The van der Waals surface area contributed by atoms with Crippen molar-refractivity contribution in [3.63, 3.8) is 0 Å². The van der Waals surface area contributed by atoms with Crippen LogP contribution in [0.4, 0.5) is 0 Å². The second-order valence-electron chi connectivity index (χ2n) is 7.48. The monoisotopic (exact) mass is 478 g/mol. The van der Waals surface area contributed by atoms with Gasteiger partial charge in [-0.3, -0.25) is 4.79 Å². The van der Waals surface area contributed by atoms with Crippen molar-refractivity contribution in [3.8, 4) is 40.1 Å². The van der Waals surface area contributed by atoms with Gasteiger partial charge in [0.15, 0.2) is 23.4 Å². The van der Waals surface area contributed by atoms with Crippen LogP contribution in [0.2, 0.25) is 0 Å². The molecular weight excluding hydrogens is 460 g/mol. The molecule has 1 aliphatic heterocycles. The number of aliphatic carboxylic acids is 1. The maximum absolute atomic E-state index is 12.6. The number of carbonyl (C=O) groups is 1. The molecule has 4 rings (SSSR count). The number of fused-ring (bicyclic) bond motifs is 1.